The van der Waals surface area contributed by atoms with Gasteiger partial charge in [-0.3, -0.25) is 4.79 Å². The topological polar surface area (TPSA) is 79.0 Å². The molecular weight excluding hydrogens is 226 g/mol. The monoisotopic (exact) mass is 239 g/mol. The molecule has 0 heterocycles. The van der Waals surface area contributed by atoms with E-state index in [0.29, 0.717) is 11.6 Å². The highest BCUT2D eigenvalue weighted by atomic mass is 35.5. The maximum atomic E-state index is 11.4. The Morgan fingerprint density at radius 3 is 3.00 bits per heavy atom. The zero-order valence-electron chi connectivity index (χ0n) is 8.74. The summed E-state index contributed by atoms with van der Waals surface area (Å²) in [4.78, 5) is 11.4. The zero-order chi connectivity index (χ0) is 12.0. The van der Waals surface area contributed by atoms with Gasteiger partial charge in [0.2, 0.25) is 5.91 Å². The molecule has 0 fully saturated rings. The zero-order valence-corrected chi connectivity index (χ0v) is 9.50. The van der Waals surface area contributed by atoms with Gasteiger partial charge in [-0.2, -0.15) is 0 Å². The summed E-state index contributed by atoms with van der Waals surface area (Å²) in [7, 11) is 0. The summed E-state index contributed by atoms with van der Waals surface area (Å²) in [6, 6.07) is 6.59. The lowest BCUT2D eigenvalue weighted by Crippen LogP contribution is -2.40. The van der Waals surface area contributed by atoms with Crippen LogP contribution in [-0.2, 0) is 11.3 Å². The number of nitrogens with one attached hydrogen (secondary N) is 2. The Morgan fingerprint density at radius 2 is 2.38 bits per heavy atom. The second kappa shape index (κ2) is 6.25. The van der Waals surface area contributed by atoms with Crippen LogP contribution < -0.4 is 11.1 Å². The molecule has 1 rings (SSSR count). The second-order valence-corrected chi connectivity index (χ2v) is 3.83. The fourth-order valence-electron chi connectivity index (χ4n) is 1.20. The minimum atomic E-state index is -0.656. The molecule has 1 aromatic carbocycles. The van der Waals surface area contributed by atoms with Gasteiger partial charge >= 0.3 is 0 Å². The number of hydrogen-bond acceptors (Lipinski definition) is 3. The molecule has 0 saturated carbocycles. The van der Waals surface area contributed by atoms with Crippen molar-refractivity contribution in [2.45, 2.75) is 19.0 Å². The number of carbonyl (C=O) groups is 1. The normalized spacial score (nSPS) is 11.9. The highest BCUT2D eigenvalue weighted by Gasteiger charge is 2.10. The summed E-state index contributed by atoms with van der Waals surface area (Å²) in [5, 5.41) is 10.2. The smallest absolute Gasteiger partial charge is 0.237 e. The lowest BCUT2D eigenvalue weighted by atomic mass is 10.2. The van der Waals surface area contributed by atoms with Crippen molar-refractivity contribution >= 4 is 23.7 Å². The molecule has 1 atom stereocenters. The molecule has 4 nitrogen and oxygen atoms in total. The van der Waals surface area contributed by atoms with E-state index in [1.807, 2.05) is 12.1 Å². The molecule has 0 spiro atoms. The van der Waals surface area contributed by atoms with Gasteiger partial charge in [0.25, 0.3) is 0 Å². The van der Waals surface area contributed by atoms with Gasteiger partial charge in [0.15, 0.2) is 0 Å². The third-order valence-corrected chi connectivity index (χ3v) is 2.30. The van der Waals surface area contributed by atoms with Crippen LogP contribution in [0.1, 0.15) is 12.0 Å². The van der Waals surface area contributed by atoms with Crippen molar-refractivity contribution in [3.8, 4) is 0 Å². The first-order chi connectivity index (χ1) is 7.63. The third-order valence-electron chi connectivity index (χ3n) is 2.06. The summed E-state index contributed by atoms with van der Waals surface area (Å²) >= 11 is 5.81. The molecule has 86 valence electrons. The quantitative estimate of drug-likeness (QED) is 0.678. The summed E-state index contributed by atoms with van der Waals surface area (Å²) < 4.78 is 0. The minimum Gasteiger partial charge on any atom is -0.351 e. The van der Waals surface area contributed by atoms with E-state index < -0.39 is 6.04 Å². The van der Waals surface area contributed by atoms with Crippen LogP contribution in [0.5, 0.6) is 0 Å². The summed E-state index contributed by atoms with van der Waals surface area (Å²) in [5.41, 5.74) is 6.45. The first kappa shape index (κ1) is 12.7. The molecule has 0 aliphatic heterocycles. The fourth-order valence-corrected chi connectivity index (χ4v) is 1.41. The number of rotatable bonds is 5. The van der Waals surface area contributed by atoms with E-state index in [2.05, 4.69) is 5.32 Å². The Labute approximate surface area is 99.3 Å². The van der Waals surface area contributed by atoms with Crippen LogP contribution >= 0.6 is 11.6 Å². The average molecular weight is 240 g/mol. The highest BCUT2D eigenvalue weighted by Crippen LogP contribution is 2.10. The van der Waals surface area contributed by atoms with Crippen molar-refractivity contribution in [2.75, 3.05) is 0 Å². The van der Waals surface area contributed by atoms with Crippen molar-refractivity contribution in [2.24, 2.45) is 5.73 Å². The summed E-state index contributed by atoms with van der Waals surface area (Å²) in [5.74, 6) is -0.261. The molecule has 0 aliphatic carbocycles. The summed E-state index contributed by atoms with van der Waals surface area (Å²) in [6.45, 7) is 0.394. The second-order valence-electron chi connectivity index (χ2n) is 3.39. The van der Waals surface area contributed by atoms with Crippen LogP contribution in [0.3, 0.4) is 0 Å². The Morgan fingerprint density at radius 1 is 1.62 bits per heavy atom. The molecule has 4 N–H and O–H groups in total. The molecule has 1 aromatic rings. The van der Waals surface area contributed by atoms with Gasteiger partial charge < -0.3 is 16.5 Å². The van der Waals surface area contributed by atoms with Gasteiger partial charge in [-0.1, -0.05) is 23.7 Å². The van der Waals surface area contributed by atoms with E-state index in [4.69, 9.17) is 22.7 Å². The van der Waals surface area contributed by atoms with Gasteiger partial charge in [-0.15, -0.1) is 0 Å². The lowest BCUT2D eigenvalue weighted by Gasteiger charge is -2.10. The van der Waals surface area contributed by atoms with Crippen LogP contribution in [0.2, 0.25) is 5.02 Å². The highest BCUT2D eigenvalue weighted by molar-refractivity contribution is 6.30. The van der Waals surface area contributed by atoms with Gasteiger partial charge in [0, 0.05) is 18.0 Å². The van der Waals surface area contributed by atoms with Crippen molar-refractivity contribution in [1.29, 1.82) is 5.41 Å². The van der Waals surface area contributed by atoms with E-state index in [1.54, 1.807) is 12.1 Å². The first-order valence-electron chi connectivity index (χ1n) is 4.90. The van der Waals surface area contributed by atoms with E-state index in [-0.39, 0.29) is 12.3 Å². The Balaban J connectivity index is 2.45. The number of hydrogen-bond donors (Lipinski definition) is 3. The predicted octanol–water partition coefficient (Wildman–Crippen LogP) is 1.32. The molecular formula is C11H14ClN3O. The predicted molar refractivity (Wildman–Crippen MR) is 64.7 cm³/mol. The lowest BCUT2D eigenvalue weighted by molar-refractivity contribution is -0.122. The van der Waals surface area contributed by atoms with Gasteiger partial charge in [0.1, 0.15) is 0 Å². The average Bonchev–Trinajstić information content (AvgIpc) is 2.26. The third kappa shape index (κ3) is 4.00. The Bertz CT molecular complexity index is 381. The van der Waals surface area contributed by atoms with Crippen molar-refractivity contribution in [3.05, 3.63) is 34.9 Å². The molecule has 0 aromatic heterocycles. The van der Waals surface area contributed by atoms with E-state index in [1.165, 1.54) is 0 Å². The molecule has 16 heavy (non-hydrogen) atoms. The maximum absolute atomic E-state index is 11.4. The molecule has 0 bridgehead atoms. The molecule has 5 heteroatoms. The van der Waals surface area contributed by atoms with Gasteiger partial charge in [0.05, 0.1) is 6.04 Å². The van der Waals surface area contributed by atoms with E-state index in [0.717, 1.165) is 11.8 Å². The number of nitrogens with two attached hydrogens (primary N) is 1. The van der Waals surface area contributed by atoms with Crippen molar-refractivity contribution in [1.82, 2.24) is 5.32 Å². The Hall–Kier alpha value is -1.39. The van der Waals surface area contributed by atoms with E-state index >= 15 is 0 Å². The minimum absolute atomic E-state index is 0.251. The van der Waals surface area contributed by atoms with Crippen LogP contribution in [0.4, 0.5) is 0 Å². The van der Waals surface area contributed by atoms with Crippen molar-refractivity contribution in [3.63, 3.8) is 0 Å². The summed E-state index contributed by atoms with van der Waals surface area (Å²) in [6.07, 6.45) is 1.38. The molecule has 0 aliphatic rings. The number of benzene rings is 1. The largest absolute Gasteiger partial charge is 0.351 e. The Kier molecular flexibility index (Phi) is 4.95. The number of amides is 1. The fraction of sp³-hybridized carbons (Fsp3) is 0.273. The van der Waals surface area contributed by atoms with Crippen LogP contribution in [-0.4, -0.2) is 18.2 Å². The van der Waals surface area contributed by atoms with Crippen LogP contribution in [0.15, 0.2) is 24.3 Å². The molecule has 0 radical (unpaired) electrons. The van der Waals surface area contributed by atoms with Crippen LogP contribution in [0.25, 0.3) is 0 Å². The van der Waals surface area contributed by atoms with E-state index in [9.17, 15) is 4.79 Å². The van der Waals surface area contributed by atoms with Crippen LogP contribution in [0, 0.1) is 5.41 Å². The SMILES string of the molecule is N=CCC(N)C(=O)NCc1cccc(Cl)c1. The standard InChI is InChI=1S/C11H14ClN3O/c12-9-3-1-2-8(6-9)7-15-11(16)10(14)4-5-13/h1-3,5-6,10,13H,4,7,14H2,(H,15,16). The van der Waals surface area contributed by atoms with Crippen molar-refractivity contribution < 1.29 is 4.79 Å². The number of carbonyl (C=O) groups excluding carboxylic acids is 1. The maximum Gasteiger partial charge on any atom is 0.237 e. The number of halogens is 1. The van der Waals surface area contributed by atoms with Gasteiger partial charge in [-0.05, 0) is 23.9 Å². The first-order valence-corrected chi connectivity index (χ1v) is 5.28. The van der Waals surface area contributed by atoms with Gasteiger partial charge in [-0.25, -0.2) is 0 Å². The molecule has 0 saturated heterocycles. The molecule has 1 amide bonds. The molecule has 1 unspecified atom stereocenters.